The minimum Gasteiger partial charge on any atom is -0.376 e. The number of ether oxygens (including phenoxy) is 1. The van der Waals surface area contributed by atoms with E-state index in [2.05, 4.69) is 28.9 Å². The first-order valence-electron chi connectivity index (χ1n) is 7.26. The van der Waals surface area contributed by atoms with Gasteiger partial charge in [0, 0.05) is 31.9 Å². The summed E-state index contributed by atoms with van der Waals surface area (Å²) in [5, 5.41) is 0. The van der Waals surface area contributed by atoms with Gasteiger partial charge in [0.1, 0.15) is 5.82 Å². The van der Waals surface area contributed by atoms with Crippen LogP contribution in [0.1, 0.15) is 32.3 Å². The third kappa shape index (κ3) is 4.18. The molecule has 4 heteroatoms. The van der Waals surface area contributed by atoms with Crippen molar-refractivity contribution in [2.75, 3.05) is 24.6 Å². The molecule has 19 heavy (non-hydrogen) atoms. The molecule has 2 unspecified atom stereocenters. The molecule has 0 radical (unpaired) electrons. The first-order chi connectivity index (χ1) is 9.19. The molecule has 0 spiro atoms. The number of aromatic nitrogens is 1. The van der Waals surface area contributed by atoms with Crippen LogP contribution in [0.5, 0.6) is 0 Å². The Labute approximate surface area is 116 Å². The highest BCUT2D eigenvalue weighted by Gasteiger charge is 2.19. The Morgan fingerprint density at radius 1 is 1.53 bits per heavy atom. The van der Waals surface area contributed by atoms with Gasteiger partial charge in [0.2, 0.25) is 0 Å². The Morgan fingerprint density at radius 3 is 2.89 bits per heavy atom. The molecule has 0 aliphatic carbocycles. The minimum atomic E-state index is 0.182. The first kappa shape index (κ1) is 14.3. The van der Waals surface area contributed by atoms with Crippen molar-refractivity contribution < 1.29 is 4.74 Å². The third-order valence-electron chi connectivity index (χ3n) is 3.52. The molecular formula is C15H25N3O. The molecule has 1 aliphatic rings. The van der Waals surface area contributed by atoms with Crippen LogP contribution in [0.3, 0.4) is 0 Å². The van der Waals surface area contributed by atoms with E-state index in [-0.39, 0.29) is 6.04 Å². The zero-order valence-electron chi connectivity index (χ0n) is 12.0. The van der Waals surface area contributed by atoms with Crippen molar-refractivity contribution in [3.8, 4) is 0 Å². The van der Waals surface area contributed by atoms with Crippen LogP contribution >= 0.6 is 0 Å². The Balaban J connectivity index is 1.97. The number of hydrogen-bond donors (Lipinski definition) is 1. The molecule has 1 aromatic heterocycles. The topological polar surface area (TPSA) is 51.4 Å². The highest BCUT2D eigenvalue weighted by molar-refractivity contribution is 5.39. The molecule has 2 atom stereocenters. The van der Waals surface area contributed by atoms with E-state index in [0.29, 0.717) is 6.10 Å². The largest absolute Gasteiger partial charge is 0.376 e. The molecule has 2 heterocycles. The Bertz CT molecular complexity index is 371. The molecule has 1 saturated heterocycles. The van der Waals surface area contributed by atoms with Gasteiger partial charge in [-0.2, -0.15) is 0 Å². The van der Waals surface area contributed by atoms with Gasteiger partial charge in [-0.1, -0.05) is 6.07 Å². The molecule has 1 aromatic rings. The lowest BCUT2D eigenvalue weighted by Gasteiger charge is -2.25. The van der Waals surface area contributed by atoms with E-state index in [1.807, 2.05) is 13.1 Å². The van der Waals surface area contributed by atoms with Gasteiger partial charge in [0.25, 0.3) is 0 Å². The number of pyridine rings is 1. The van der Waals surface area contributed by atoms with Gasteiger partial charge in [0.05, 0.1) is 6.10 Å². The van der Waals surface area contributed by atoms with E-state index >= 15 is 0 Å². The molecule has 0 saturated carbocycles. The monoisotopic (exact) mass is 263 g/mol. The summed E-state index contributed by atoms with van der Waals surface area (Å²) in [7, 11) is 0. The summed E-state index contributed by atoms with van der Waals surface area (Å²) in [5.74, 6) is 1.03. The number of anilines is 1. The number of nitrogens with two attached hydrogens (primary N) is 1. The fourth-order valence-electron chi connectivity index (χ4n) is 2.52. The highest BCUT2D eigenvalue weighted by atomic mass is 16.5. The van der Waals surface area contributed by atoms with Crippen molar-refractivity contribution in [1.29, 1.82) is 0 Å². The van der Waals surface area contributed by atoms with Crippen LogP contribution in [0.15, 0.2) is 18.3 Å². The van der Waals surface area contributed by atoms with Crippen molar-refractivity contribution in [2.24, 2.45) is 5.73 Å². The van der Waals surface area contributed by atoms with E-state index in [9.17, 15) is 0 Å². The smallest absolute Gasteiger partial charge is 0.128 e. The molecule has 2 rings (SSSR count). The lowest BCUT2D eigenvalue weighted by molar-refractivity contribution is 0.115. The molecule has 0 bridgehead atoms. The second kappa shape index (κ2) is 6.87. The van der Waals surface area contributed by atoms with Crippen molar-refractivity contribution in [3.63, 3.8) is 0 Å². The van der Waals surface area contributed by atoms with E-state index in [0.717, 1.165) is 31.9 Å². The van der Waals surface area contributed by atoms with Gasteiger partial charge in [-0.25, -0.2) is 4.98 Å². The summed E-state index contributed by atoms with van der Waals surface area (Å²) in [6.07, 6.45) is 5.54. The molecule has 1 aliphatic heterocycles. The van der Waals surface area contributed by atoms with Crippen molar-refractivity contribution in [2.45, 2.75) is 45.3 Å². The third-order valence-corrected chi connectivity index (χ3v) is 3.52. The van der Waals surface area contributed by atoms with Crippen LogP contribution < -0.4 is 10.6 Å². The molecule has 0 aromatic carbocycles. The maximum Gasteiger partial charge on any atom is 0.128 e. The predicted octanol–water partition coefficient (Wildman–Crippen LogP) is 1.98. The minimum absolute atomic E-state index is 0.182. The van der Waals surface area contributed by atoms with Crippen LogP contribution in [-0.2, 0) is 11.2 Å². The fourth-order valence-corrected chi connectivity index (χ4v) is 2.52. The van der Waals surface area contributed by atoms with Crippen LogP contribution in [0.4, 0.5) is 5.82 Å². The van der Waals surface area contributed by atoms with Crippen molar-refractivity contribution in [3.05, 3.63) is 23.9 Å². The van der Waals surface area contributed by atoms with Gasteiger partial charge in [0.15, 0.2) is 0 Å². The van der Waals surface area contributed by atoms with Crippen LogP contribution in [0, 0.1) is 0 Å². The summed E-state index contributed by atoms with van der Waals surface area (Å²) in [5.41, 5.74) is 7.00. The Hall–Kier alpha value is -1.13. The Kier molecular flexibility index (Phi) is 5.16. The normalized spacial score (nSPS) is 20.5. The zero-order valence-corrected chi connectivity index (χ0v) is 12.0. The summed E-state index contributed by atoms with van der Waals surface area (Å²) in [6, 6.07) is 4.40. The van der Waals surface area contributed by atoms with Gasteiger partial charge in [-0.15, -0.1) is 0 Å². The molecule has 0 amide bonds. The molecule has 1 fully saturated rings. The number of nitrogens with zero attached hydrogens (tertiary/aromatic N) is 2. The standard InChI is InChI=1S/C15H25N3O/c1-3-18(11-14-5-4-8-19-14)15-7-6-13(10-17-15)9-12(2)16/h6-7,10,12,14H,3-5,8-9,11,16H2,1-2H3. The summed E-state index contributed by atoms with van der Waals surface area (Å²) in [6.45, 7) is 6.98. The number of hydrogen-bond acceptors (Lipinski definition) is 4. The molecular weight excluding hydrogens is 238 g/mol. The van der Waals surface area contributed by atoms with Crippen LogP contribution in [0.2, 0.25) is 0 Å². The van der Waals surface area contributed by atoms with Gasteiger partial charge < -0.3 is 15.4 Å². The zero-order chi connectivity index (χ0) is 13.7. The predicted molar refractivity (Wildman–Crippen MR) is 78.5 cm³/mol. The Morgan fingerprint density at radius 2 is 2.37 bits per heavy atom. The van der Waals surface area contributed by atoms with Gasteiger partial charge in [-0.05, 0) is 44.7 Å². The van der Waals surface area contributed by atoms with Crippen LogP contribution in [0.25, 0.3) is 0 Å². The molecule has 4 nitrogen and oxygen atoms in total. The summed E-state index contributed by atoms with van der Waals surface area (Å²) in [4.78, 5) is 6.84. The lowest BCUT2D eigenvalue weighted by Crippen LogP contribution is -2.32. The first-order valence-corrected chi connectivity index (χ1v) is 7.26. The van der Waals surface area contributed by atoms with Crippen molar-refractivity contribution >= 4 is 5.82 Å². The van der Waals surface area contributed by atoms with E-state index in [1.165, 1.54) is 18.4 Å². The van der Waals surface area contributed by atoms with E-state index in [4.69, 9.17) is 10.5 Å². The second-order valence-corrected chi connectivity index (χ2v) is 5.38. The summed E-state index contributed by atoms with van der Waals surface area (Å²) < 4.78 is 5.70. The fraction of sp³-hybridized carbons (Fsp3) is 0.667. The molecule has 2 N–H and O–H groups in total. The van der Waals surface area contributed by atoms with E-state index in [1.54, 1.807) is 0 Å². The second-order valence-electron chi connectivity index (χ2n) is 5.38. The SMILES string of the molecule is CCN(CC1CCCO1)c1ccc(CC(C)N)cn1. The quantitative estimate of drug-likeness (QED) is 0.852. The summed E-state index contributed by atoms with van der Waals surface area (Å²) >= 11 is 0. The van der Waals surface area contributed by atoms with E-state index < -0.39 is 0 Å². The number of likely N-dealkylation sites (N-methyl/N-ethyl adjacent to an activating group) is 1. The average molecular weight is 263 g/mol. The van der Waals surface area contributed by atoms with Crippen molar-refractivity contribution in [1.82, 2.24) is 4.98 Å². The average Bonchev–Trinajstić information content (AvgIpc) is 2.89. The number of rotatable bonds is 6. The maximum absolute atomic E-state index is 5.80. The molecule has 106 valence electrons. The highest BCUT2D eigenvalue weighted by Crippen LogP contribution is 2.18. The lowest BCUT2D eigenvalue weighted by atomic mass is 10.1. The van der Waals surface area contributed by atoms with Crippen LogP contribution in [-0.4, -0.2) is 36.8 Å². The maximum atomic E-state index is 5.80. The van der Waals surface area contributed by atoms with Gasteiger partial charge in [-0.3, -0.25) is 0 Å². The van der Waals surface area contributed by atoms with Gasteiger partial charge >= 0.3 is 0 Å².